The number of aryl methyl sites for hydroxylation is 3. The number of hydrogen-bond donors (Lipinski definition) is 1. The zero-order chi connectivity index (χ0) is 28.3. The summed E-state index contributed by atoms with van der Waals surface area (Å²) >= 11 is 0. The number of benzene rings is 3. The maximum Gasteiger partial charge on any atom is 0.425 e. The van der Waals surface area contributed by atoms with Crippen LogP contribution in [0.4, 0.5) is 23.2 Å². The van der Waals surface area contributed by atoms with Crippen molar-refractivity contribution in [3.63, 3.8) is 0 Å². The fraction of sp³-hybridized carbons (Fsp3) is 0.387. The molecule has 1 aliphatic carbocycles. The summed E-state index contributed by atoms with van der Waals surface area (Å²) in [6.07, 6.45) is -4.95. The average Bonchev–Trinajstić information content (AvgIpc) is 3.07. The number of alkyl halides is 4. The SMILES string of the molecule is Cc1ccc(O[C@H]2CCc3cc4c(cc3N(C(=O)[C@@H](C)c3ccccc3)C2)C(C)(F)C4(O)C(F)(F)F)c(C)c1. The summed E-state index contributed by atoms with van der Waals surface area (Å²) in [5.74, 6) is -0.174. The highest BCUT2D eigenvalue weighted by atomic mass is 19.4. The van der Waals surface area contributed by atoms with E-state index < -0.39 is 35.0 Å². The number of carbonyl (C=O) groups excluding carboxylic acids is 1. The lowest BCUT2D eigenvalue weighted by atomic mass is 9.61. The smallest absolute Gasteiger partial charge is 0.425 e. The van der Waals surface area contributed by atoms with Gasteiger partial charge in [-0.25, -0.2) is 4.39 Å². The first-order chi connectivity index (χ1) is 18.3. The monoisotopic (exact) mass is 541 g/mol. The lowest BCUT2D eigenvalue weighted by Gasteiger charge is -2.51. The van der Waals surface area contributed by atoms with Crippen LogP contribution in [0.3, 0.4) is 0 Å². The Bertz CT molecular complexity index is 1420. The summed E-state index contributed by atoms with van der Waals surface area (Å²) in [4.78, 5) is 15.4. The summed E-state index contributed by atoms with van der Waals surface area (Å²) in [6.45, 7) is 6.54. The van der Waals surface area contributed by atoms with E-state index in [1.807, 2.05) is 62.4 Å². The largest absolute Gasteiger partial charge is 0.488 e. The quantitative estimate of drug-likeness (QED) is 0.371. The van der Waals surface area contributed by atoms with E-state index >= 15 is 4.39 Å². The fourth-order valence-corrected chi connectivity index (χ4v) is 5.82. The molecule has 2 unspecified atom stereocenters. The van der Waals surface area contributed by atoms with E-state index in [0.717, 1.165) is 23.6 Å². The normalized spacial score (nSPS) is 25.2. The molecular weight excluding hydrogens is 510 g/mol. The number of aliphatic hydroxyl groups is 1. The van der Waals surface area contributed by atoms with Crippen molar-refractivity contribution < 1.29 is 32.2 Å². The zero-order valence-corrected chi connectivity index (χ0v) is 22.3. The topological polar surface area (TPSA) is 49.8 Å². The van der Waals surface area contributed by atoms with Crippen LogP contribution >= 0.6 is 0 Å². The average molecular weight is 542 g/mol. The molecule has 1 heterocycles. The fourth-order valence-electron chi connectivity index (χ4n) is 5.82. The van der Waals surface area contributed by atoms with Crippen molar-refractivity contribution in [2.24, 2.45) is 0 Å². The minimum atomic E-state index is -5.20. The van der Waals surface area contributed by atoms with E-state index in [-0.39, 0.29) is 18.0 Å². The van der Waals surface area contributed by atoms with E-state index in [1.54, 1.807) is 6.92 Å². The molecule has 0 fully saturated rings. The Balaban J connectivity index is 1.58. The van der Waals surface area contributed by atoms with Crippen molar-refractivity contribution in [1.29, 1.82) is 0 Å². The Morgan fingerprint density at radius 2 is 1.77 bits per heavy atom. The summed E-state index contributed by atoms with van der Waals surface area (Å²) in [5.41, 5.74) is -3.87. The summed E-state index contributed by atoms with van der Waals surface area (Å²) < 4.78 is 63.4. The molecule has 39 heavy (non-hydrogen) atoms. The minimum Gasteiger partial charge on any atom is -0.488 e. The molecular formula is C31H31F4NO3. The summed E-state index contributed by atoms with van der Waals surface area (Å²) in [6, 6.07) is 17.5. The molecule has 0 bridgehead atoms. The molecule has 0 saturated heterocycles. The molecule has 3 aromatic rings. The van der Waals surface area contributed by atoms with Crippen LogP contribution in [0.25, 0.3) is 0 Å². The van der Waals surface area contributed by atoms with Gasteiger partial charge in [-0.3, -0.25) is 4.79 Å². The highest BCUT2D eigenvalue weighted by molar-refractivity contribution is 5.99. The van der Waals surface area contributed by atoms with Gasteiger partial charge < -0.3 is 14.7 Å². The lowest BCUT2D eigenvalue weighted by Crippen LogP contribution is -2.62. The molecule has 8 heteroatoms. The third-order valence-corrected chi connectivity index (χ3v) is 8.18. The molecule has 4 atom stereocenters. The van der Waals surface area contributed by atoms with Gasteiger partial charge in [-0.2, -0.15) is 13.2 Å². The molecule has 0 spiro atoms. The van der Waals surface area contributed by atoms with Crippen molar-refractivity contribution >= 4 is 11.6 Å². The van der Waals surface area contributed by atoms with Crippen LogP contribution in [-0.4, -0.2) is 29.8 Å². The number of rotatable bonds is 4. The maximum absolute atomic E-state index is 15.5. The van der Waals surface area contributed by atoms with Gasteiger partial charge in [-0.05, 0) is 75.4 Å². The van der Waals surface area contributed by atoms with Gasteiger partial charge in [0.05, 0.1) is 12.5 Å². The summed E-state index contributed by atoms with van der Waals surface area (Å²) in [7, 11) is 0. The molecule has 0 radical (unpaired) electrons. The van der Waals surface area contributed by atoms with E-state index in [4.69, 9.17) is 4.74 Å². The van der Waals surface area contributed by atoms with Crippen LogP contribution < -0.4 is 9.64 Å². The minimum absolute atomic E-state index is 0.141. The van der Waals surface area contributed by atoms with Crippen molar-refractivity contribution in [1.82, 2.24) is 0 Å². The molecule has 1 amide bonds. The molecule has 5 rings (SSSR count). The Labute approximate surface area is 225 Å². The van der Waals surface area contributed by atoms with Gasteiger partial charge in [-0.1, -0.05) is 48.0 Å². The molecule has 4 nitrogen and oxygen atoms in total. The van der Waals surface area contributed by atoms with Crippen LogP contribution in [-0.2, 0) is 22.5 Å². The second kappa shape index (κ2) is 9.37. The number of amides is 1. The van der Waals surface area contributed by atoms with Gasteiger partial charge in [-0.15, -0.1) is 0 Å². The van der Waals surface area contributed by atoms with Gasteiger partial charge >= 0.3 is 6.18 Å². The Kier molecular flexibility index (Phi) is 6.53. The summed E-state index contributed by atoms with van der Waals surface area (Å²) in [5, 5.41) is 10.5. The lowest BCUT2D eigenvalue weighted by molar-refractivity contribution is -0.328. The van der Waals surface area contributed by atoms with Gasteiger partial charge in [0, 0.05) is 16.8 Å². The first-order valence-corrected chi connectivity index (χ1v) is 13.0. The first-order valence-electron chi connectivity index (χ1n) is 13.0. The predicted octanol–water partition coefficient (Wildman–Crippen LogP) is 6.78. The highest BCUT2D eigenvalue weighted by Crippen LogP contribution is 2.63. The van der Waals surface area contributed by atoms with Gasteiger partial charge in [0.15, 0.2) is 5.67 Å². The number of carbonyl (C=O) groups is 1. The highest BCUT2D eigenvalue weighted by Gasteiger charge is 2.74. The molecule has 1 aliphatic heterocycles. The molecule has 0 aromatic heterocycles. The number of nitrogens with zero attached hydrogens (tertiary/aromatic N) is 1. The molecule has 3 aromatic carbocycles. The molecule has 0 saturated carbocycles. The second-order valence-electron chi connectivity index (χ2n) is 10.9. The standard InChI is InChI=1S/C31H31F4NO3/c1-18-10-13-27(19(2)14-18)39-23-12-11-22-15-25-24(29(4,32)30(25,38)31(33,34)35)16-26(22)36(17-23)28(37)20(3)21-8-6-5-7-9-21/h5-10,13-16,20,23,38H,11-12,17H2,1-4H3/t20-,23-,29?,30?/m0/s1. The van der Waals surface area contributed by atoms with Gasteiger partial charge in [0.1, 0.15) is 11.9 Å². The van der Waals surface area contributed by atoms with Crippen LogP contribution in [0.5, 0.6) is 5.75 Å². The number of anilines is 1. The van der Waals surface area contributed by atoms with Crippen molar-refractivity contribution in [2.45, 2.75) is 70.0 Å². The Hall–Kier alpha value is -3.39. The van der Waals surface area contributed by atoms with Gasteiger partial charge in [0.25, 0.3) is 0 Å². The van der Waals surface area contributed by atoms with Crippen LogP contribution in [0.2, 0.25) is 0 Å². The van der Waals surface area contributed by atoms with Crippen LogP contribution in [0, 0.1) is 13.8 Å². The third-order valence-electron chi connectivity index (χ3n) is 8.18. The van der Waals surface area contributed by atoms with Crippen LogP contribution in [0.15, 0.2) is 60.7 Å². The van der Waals surface area contributed by atoms with Crippen molar-refractivity contribution in [3.8, 4) is 5.75 Å². The predicted molar refractivity (Wildman–Crippen MR) is 141 cm³/mol. The van der Waals surface area contributed by atoms with E-state index in [9.17, 15) is 23.1 Å². The third kappa shape index (κ3) is 4.29. The molecule has 1 N–H and O–H groups in total. The Morgan fingerprint density at radius 1 is 1.08 bits per heavy atom. The zero-order valence-electron chi connectivity index (χ0n) is 22.3. The molecule has 206 valence electrons. The van der Waals surface area contributed by atoms with Crippen molar-refractivity contribution in [3.05, 3.63) is 94.0 Å². The molecule has 2 aliphatic rings. The Morgan fingerprint density at radius 3 is 2.41 bits per heavy atom. The number of fused-ring (bicyclic) bond motifs is 2. The van der Waals surface area contributed by atoms with E-state index in [1.165, 1.54) is 17.0 Å². The van der Waals surface area contributed by atoms with E-state index in [2.05, 4.69) is 0 Å². The number of ether oxygens (including phenoxy) is 1. The van der Waals surface area contributed by atoms with Crippen molar-refractivity contribution in [2.75, 3.05) is 11.4 Å². The van der Waals surface area contributed by atoms with Crippen LogP contribution in [0.1, 0.15) is 59.6 Å². The first kappa shape index (κ1) is 27.2. The number of hydrogen-bond acceptors (Lipinski definition) is 3. The van der Waals surface area contributed by atoms with Gasteiger partial charge in [0.2, 0.25) is 11.5 Å². The maximum atomic E-state index is 15.5. The number of halogens is 4. The van der Waals surface area contributed by atoms with E-state index in [0.29, 0.717) is 29.8 Å². The second-order valence-corrected chi connectivity index (χ2v) is 10.9.